The summed E-state index contributed by atoms with van der Waals surface area (Å²) in [5.41, 5.74) is 2.50. The van der Waals surface area contributed by atoms with Gasteiger partial charge in [-0.1, -0.05) is 55.8 Å². The first kappa shape index (κ1) is 15.7. The Labute approximate surface area is 127 Å². The van der Waals surface area contributed by atoms with Crippen LogP contribution in [0.3, 0.4) is 0 Å². The Morgan fingerprint density at radius 1 is 1.00 bits per heavy atom. The zero-order valence-corrected chi connectivity index (χ0v) is 12.9. The maximum absolute atomic E-state index is 12.9. The van der Waals surface area contributed by atoms with E-state index in [0.29, 0.717) is 12.1 Å². The number of rotatable bonds is 7. The highest BCUT2D eigenvalue weighted by Gasteiger charge is 2.13. The highest BCUT2D eigenvalue weighted by atomic mass is 19.1. The summed E-state index contributed by atoms with van der Waals surface area (Å²) in [7, 11) is 0. The quantitative estimate of drug-likeness (QED) is 0.764. The van der Waals surface area contributed by atoms with E-state index in [2.05, 4.69) is 49.5 Å². The van der Waals surface area contributed by atoms with E-state index in [4.69, 9.17) is 0 Å². The third-order valence-electron chi connectivity index (χ3n) is 3.72. The lowest BCUT2D eigenvalue weighted by Gasteiger charge is -2.23. The van der Waals surface area contributed by atoms with Crippen molar-refractivity contribution in [3.63, 3.8) is 0 Å². The predicted molar refractivity (Wildman–Crippen MR) is 86.8 cm³/mol. The third-order valence-corrected chi connectivity index (χ3v) is 3.72. The lowest BCUT2D eigenvalue weighted by atomic mass is 9.99. The normalized spacial score (nSPS) is 13.9. The highest BCUT2D eigenvalue weighted by molar-refractivity contribution is 5.20. The first-order valence-corrected chi connectivity index (χ1v) is 7.74. The topological polar surface area (TPSA) is 12.0 Å². The minimum atomic E-state index is -0.174. The van der Waals surface area contributed by atoms with Gasteiger partial charge in [0.2, 0.25) is 0 Å². The van der Waals surface area contributed by atoms with Crippen LogP contribution in [0.2, 0.25) is 0 Å². The second kappa shape index (κ2) is 7.94. The van der Waals surface area contributed by atoms with Gasteiger partial charge in [0.25, 0.3) is 0 Å². The van der Waals surface area contributed by atoms with E-state index in [1.165, 1.54) is 23.3 Å². The molecule has 0 amide bonds. The molecule has 2 unspecified atom stereocenters. The number of nitrogens with one attached hydrogen (secondary N) is 1. The first-order valence-electron chi connectivity index (χ1n) is 7.74. The fourth-order valence-electron chi connectivity index (χ4n) is 2.70. The smallest absolute Gasteiger partial charge is 0.123 e. The second-order valence-electron chi connectivity index (χ2n) is 5.65. The average Bonchev–Trinajstić information content (AvgIpc) is 2.50. The van der Waals surface area contributed by atoms with E-state index < -0.39 is 0 Å². The molecule has 0 aromatic heterocycles. The van der Waals surface area contributed by atoms with E-state index in [-0.39, 0.29) is 5.82 Å². The number of benzene rings is 2. The summed E-state index contributed by atoms with van der Waals surface area (Å²) in [5.74, 6) is -0.174. The first-order chi connectivity index (χ1) is 10.2. The molecule has 0 fully saturated rings. The minimum absolute atomic E-state index is 0.174. The molecule has 2 atom stereocenters. The molecule has 2 heteroatoms. The van der Waals surface area contributed by atoms with Crippen LogP contribution >= 0.6 is 0 Å². The molecule has 2 aromatic carbocycles. The number of hydrogen-bond donors (Lipinski definition) is 1. The SMILES string of the molecule is CCCC(NC(C)Cc1ccc(F)cc1)c1ccccc1. The molecule has 2 aromatic rings. The molecule has 0 saturated heterocycles. The van der Waals surface area contributed by atoms with E-state index in [9.17, 15) is 4.39 Å². The van der Waals surface area contributed by atoms with Gasteiger partial charge in [-0.3, -0.25) is 0 Å². The molecule has 112 valence electrons. The van der Waals surface area contributed by atoms with Gasteiger partial charge >= 0.3 is 0 Å². The summed E-state index contributed by atoms with van der Waals surface area (Å²) in [4.78, 5) is 0. The maximum Gasteiger partial charge on any atom is 0.123 e. The van der Waals surface area contributed by atoms with Gasteiger partial charge in [-0.2, -0.15) is 0 Å². The van der Waals surface area contributed by atoms with Crippen LogP contribution in [0.4, 0.5) is 4.39 Å². The predicted octanol–water partition coefficient (Wildman–Crippen LogP) is 4.89. The van der Waals surface area contributed by atoms with E-state index in [1.807, 2.05) is 12.1 Å². The Hall–Kier alpha value is -1.67. The molecule has 0 saturated carbocycles. The summed E-state index contributed by atoms with van der Waals surface area (Å²) in [6, 6.07) is 18.1. The van der Waals surface area contributed by atoms with Crippen LogP contribution in [0.15, 0.2) is 54.6 Å². The van der Waals surface area contributed by atoms with Crippen molar-refractivity contribution in [2.24, 2.45) is 0 Å². The fourth-order valence-corrected chi connectivity index (χ4v) is 2.70. The van der Waals surface area contributed by atoms with Crippen LogP contribution in [-0.2, 0) is 6.42 Å². The van der Waals surface area contributed by atoms with Crippen molar-refractivity contribution in [1.29, 1.82) is 0 Å². The number of hydrogen-bond acceptors (Lipinski definition) is 1. The van der Waals surface area contributed by atoms with Gasteiger partial charge in [-0.15, -0.1) is 0 Å². The molecule has 0 spiro atoms. The van der Waals surface area contributed by atoms with Crippen molar-refractivity contribution >= 4 is 0 Å². The summed E-state index contributed by atoms with van der Waals surface area (Å²) in [6.45, 7) is 4.40. The summed E-state index contributed by atoms with van der Waals surface area (Å²) < 4.78 is 12.9. The van der Waals surface area contributed by atoms with Crippen LogP contribution in [-0.4, -0.2) is 6.04 Å². The second-order valence-corrected chi connectivity index (χ2v) is 5.65. The van der Waals surface area contributed by atoms with Gasteiger partial charge in [0.1, 0.15) is 5.82 Å². The molecule has 1 nitrogen and oxygen atoms in total. The van der Waals surface area contributed by atoms with Crippen molar-refractivity contribution in [1.82, 2.24) is 5.32 Å². The van der Waals surface area contributed by atoms with Gasteiger partial charge in [0.15, 0.2) is 0 Å². The van der Waals surface area contributed by atoms with Crippen molar-refractivity contribution in [2.75, 3.05) is 0 Å². The van der Waals surface area contributed by atoms with Crippen LogP contribution in [0.1, 0.15) is 43.9 Å². The zero-order chi connectivity index (χ0) is 15.1. The van der Waals surface area contributed by atoms with E-state index in [1.54, 1.807) is 0 Å². The standard InChI is InChI=1S/C19H24FN/c1-3-7-19(17-8-5-4-6-9-17)21-15(2)14-16-10-12-18(20)13-11-16/h4-6,8-13,15,19,21H,3,7,14H2,1-2H3. The van der Waals surface area contributed by atoms with Gasteiger partial charge in [-0.05, 0) is 43.0 Å². The molecular weight excluding hydrogens is 261 g/mol. The lowest BCUT2D eigenvalue weighted by Crippen LogP contribution is -2.32. The maximum atomic E-state index is 12.9. The van der Waals surface area contributed by atoms with Crippen molar-refractivity contribution in [3.8, 4) is 0 Å². The lowest BCUT2D eigenvalue weighted by molar-refractivity contribution is 0.428. The molecule has 21 heavy (non-hydrogen) atoms. The van der Waals surface area contributed by atoms with Crippen molar-refractivity contribution in [3.05, 3.63) is 71.5 Å². The summed E-state index contributed by atoms with van der Waals surface area (Å²) >= 11 is 0. The van der Waals surface area contributed by atoms with Gasteiger partial charge in [0, 0.05) is 12.1 Å². The molecule has 0 heterocycles. The molecule has 0 aliphatic carbocycles. The van der Waals surface area contributed by atoms with Crippen molar-refractivity contribution < 1.29 is 4.39 Å². The molecule has 1 N–H and O–H groups in total. The summed E-state index contributed by atoms with van der Waals surface area (Å²) in [6.07, 6.45) is 3.18. The molecule has 0 aliphatic heterocycles. The Bertz CT molecular complexity index is 521. The Balaban J connectivity index is 1.98. The monoisotopic (exact) mass is 285 g/mol. The van der Waals surface area contributed by atoms with Gasteiger partial charge in [-0.25, -0.2) is 4.39 Å². The number of halogens is 1. The van der Waals surface area contributed by atoms with Gasteiger partial charge in [0.05, 0.1) is 0 Å². The Morgan fingerprint density at radius 2 is 1.67 bits per heavy atom. The van der Waals surface area contributed by atoms with Crippen LogP contribution < -0.4 is 5.32 Å². The Morgan fingerprint density at radius 3 is 2.29 bits per heavy atom. The van der Waals surface area contributed by atoms with Crippen molar-refractivity contribution in [2.45, 2.75) is 45.2 Å². The highest BCUT2D eigenvalue weighted by Crippen LogP contribution is 2.19. The summed E-state index contributed by atoms with van der Waals surface area (Å²) in [5, 5.41) is 3.70. The molecule has 0 radical (unpaired) electrons. The van der Waals surface area contributed by atoms with Gasteiger partial charge < -0.3 is 5.32 Å². The molecule has 0 aliphatic rings. The van der Waals surface area contributed by atoms with E-state index >= 15 is 0 Å². The van der Waals surface area contributed by atoms with Crippen LogP contribution in [0.5, 0.6) is 0 Å². The third kappa shape index (κ3) is 4.98. The largest absolute Gasteiger partial charge is 0.307 e. The van der Waals surface area contributed by atoms with Crippen LogP contribution in [0, 0.1) is 5.82 Å². The Kier molecular flexibility index (Phi) is 5.94. The minimum Gasteiger partial charge on any atom is -0.307 e. The zero-order valence-electron chi connectivity index (χ0n) is 12.9. The fraction of sp³-hybridized carbons (Fsp3) is 0.368. The molecular formula is C19H24FN. The average molecular weight is 285 g/mol. The molecule has 0 bridgehead atoms. The van der Waals surface area contributed by atoms with E-state index in [0.717, 1.165) is 19.3 Å². The molecule has 2 rings (SSSR count). The van der Waals surface area contributed by atoms with Crippen LogP contribution in [0.25, 0.3) is 0 Å².